The minimum atomic E-state index is -0.238. The van der Waals surface area contributed by atoms with Crippen LogP contribution in [0, 0.1) is 0 Å². The quantitative estimate of drug-likeness (QED) is 0.684. The van der Waals surface area contributed by atoms with Crippen LogP contribution in [0.4, 0.5) is 0 Å². The van der Waals surface area contributed by atoms with E-state index in [1.54, 1.807) is 6.20 Å². The minimum Gasteiger partial charge on any atom is -0.349 e. The van der Waals surface area contributed by atoms with Crippen LogP contribution in [0.15, 0.2) is 24.8 Å². The number of H-pyrrole nitrogens is 1. The molecule has 0 aromatic carbocycles. The molecule has 16 heavy (non-hydrogen) atoms. The van der Waals surface area contributed by atoms with Gasteiger partial charge in [-0.3, -0.25) is 14.6 Å². The van der Waals surface area contributed by atoms with E-state index in [-0.39, 0.29) is 11.7 Å². The van der Waals surface area contributed by atoms with Crippen LogP contribution < -0.4 is 5.32 Å². The van der Waals surface area contributed by atoms with Crippen molar-refractivity contribution in [2.75, 3.05) is 6.54 Å². The molecule has 7 heteroatoms. The molecule has 2 N–H and O–H groups in total. The zero-order valence-electron chi connectivity index (χ0n) is 8.63. The van der Waals surface area contributed by atoms with E-state index in [0.717, 1.165) is 13.0 Å². The maximum Gasteiger partial charge on any atom is 0.288 e. The summed E-state index contributed by atoms with van der Waals surface area (Å²) in [6.07, 6.45) is 5.74. The second-order valence-electron chi connectivity index (χ2n) is 3.21. The van der Waals surface area contributed by atoms with E-state index >= 15 is 0 Å². The van der Waals surface area contributed by atoms with Crippen LogP contribution >= 0.6 is 0 Å². The predicted octanol–water partition coefficient (Wildman–Crippen LogP) is -0.179. The molecule has 2 aromatic rings. The molecule has 2 rings (SSSR count). The predicted molar refractivity (Wildman–Crippen MR) is 55.6 cm³/mol. The highest BCUT2D eigenvalue weighted by molar-refractivity contribution is 5.90. The summed E-state index contributed by atoms with van der Waals surface area (Å²) in [5, 5.41) is 12.9. The molecule has 1 amide bonds. The normalized spacial score (nSPS) is 10.2. The standard InChI is InChI=1S/C9H12N6O/c16-9(8-11-7-12-14-8)10-3-1-5-15-6-2-4-13-15/h2,4,6-7H,1,3,5H2,(H,10,16)(H,11,12,14). The Bertz CT molecular complexity index is 421. The van der Waals surface area contributed by atoms with Crippen LogP contribution in [-0.4, -0.2) is 37.4 Å². The molecule has 0 atom stereocenters. The fourth-order valence-corrected chi connectivity index (χ4v) is 1.27. The summed E-state index contributed by atoms with van der Waals surface area (Å²) in [5.41, 5.74) is 0. The van der Waals surface area contributed by atoms with Crippen molar-refractivity contribution in [1.29, 1.82) is 0 Å². The molecular formula is C9H12N6O. The summed E-state index contributed by atoms with van der Waals surface area (Å²) < 4.78 is 1.82. The topological polar surface area (TPSA) is 88.5 Å². The van der Waals surface area contributed by atoms with Gasteiger partial charge < -0.3 is 5.32 Å². The number of amides is 1. The summed E-state index contributed by atoms with van der Waals surface area (Å²) in [7, 11) is 0. The fraction of sp³-hybridized carbons (Fsp3) is 0.333. The SMILES string of the molecule is O=C(NCCCn1cccn1)c1ncn[nH]1. The number of hydrogen-bond acceptors (Lipinski definition) is 4. The van der Waals surface area contributed by atoms with Crippen molar-refractivity contribution in [3.8, 4) is 0 Å². The molecule has 7 nitrogen and oxygen atoms in total. The third kappa shape index (κ3) is 2.66. The van der Waals surface area contributed by atoms with Crippen molar-refractivity contribution < 1.29 is 4.79 Å². The highest BCUT2D eigenvalue weighted by Gasteiger charge is 2.06. The molecule has 0 spiro atoms. The zero-order chi connectivity index (χ0) is 11.2. The smallest absolute Gasteiger partial charge is 0.288 e. The molecule has 0 aliphatic carbocycles. The Labute approximate surface area is 91.9 Å². The molecular weight excluding hydrogens is 208 g/mol. The van der Waals surface area contributed by atoms with Crippen molar-refractivity contribution in [2.45, 2.75) is 13.0 Å². The highest BCUT2D eigenvalue weighted by Crippen LogP contribution is 1.89. The van der Waals surface area contributed by atoms with Gasteiger partial charge in [0, 0.05) is 25.5 Å². The molecule has 0 aliphatic heterocycles. The third-order valence-electron chi connectivity index (χ3n) is 2.04. The lowest BCUT2D eigenvalue weighted by molar-refractivity contribution is 0.0942. The van der Waals surface area contributed by atoms with Gasteiger partial charge in [-0.05, 0) is 12.5 Å². The molecule has 0 saturated heterocycles. The number of carbonyl (C=O) groups is 1. The summed E-state index contributed by atoms with van der Waals surface area (Å²) in [6.45, 7) is 1.36. The number of nitrogens with one attached hydrogen (secondary N) is 2. The first kappa shape index (κ1) is 10.3. The van der Waals surface area contributed by atoms with E-state index in [9.17, 15) is 4.79 Å². The first-order valence-corrected chi connectivity index (χ1v) is 4.97. The summed E-state index contributed by atoms with van der Waals surface area (Å²) in [6, 6.07) is 1.87. The van der Waals surface area contributed by atoms with Crippen LogP contribution in [0.2, 0.25) is 0 Å². The highest BCUT2D eigenvalue weighted by atomic mass is 16.2. The van der Waals surface area contributed by atoms with E-state index in [2.05, 4.69) is 25.6 Å². The van der Waals surface area contributed by atoms with Crippen LogP contribution in [0.3, 0.4) is 0 Å². The second kappa shape index (κ2) is 5.06. The Balaban J connectivity index is 1.67. The molecule has 0 bridgehead atoms. The molecule has 0 saturated carbocycles. The maximum absolute atomic E-state index is 11.4. The van der Waals surface area contributed by atoms with Crippen molar-refractivity contribution >= 4 is 5.91 Å². The number of hydrogen-bond donors (Lipinski definition) is 2. The lowest BCUT2D eigenvalue weighted by Crippen LogP contribution is -2.26. The van der Waals surface area contributed by atoms with Gasteiger partial charge in [-0.15, -0.1) is 0 Å². The van der Waals surface area contributed by atoms with Crippen molar-refractivity contribution in [3.63, 3.8) is 0 Å². The largest absolute Gasteiger partial charge is 0.349 e. The number of aromatic amines is 1. The molecule has 0 radical (unpaired) electrons. The van der Waals surface area contributed by atoms with Gasteiger partial charge in [0.2, 0.25) is 5.82 Å². The summed E-state index contributed by atoms with van der Waals surface area (Å²) in [4.78, 5) is 15.1. The van der Waals surface area contributed by atoms with Gasteiger partial charge in [0.05, 0.1) is 0 Å². The number of aryl methyl sites for hydroxylation is 1. The Morgan fingerprint density at radius 3 is 3.19 bits per heavy atom. The Morgan fingerprint density at radius 2 is 2.50 bits per heavy atom. The van der Waals surface area contributed by atoms with Crippen LogP contribution in [0.1, 0.15) is 17.0 Å². The average molecular weight is 220 g/mol. The minimum absolute atomic E-state index is 0.235. The first-order chi connectivity index (χ1) is 7.86. The van der Waals surface area contributed by atoms with E-state index in [4.69, 9.17) is 0 Å². The van der Waals surface area contributed by atoms with Gasteiger partial charge in [-0.2, -0.15) is 10.2 Å². The maximum atomic E-state index is 11.4. The van der Waals surface area contributed by atoms with E-state index < -0.39 is 0 Å². The average Bonchev–Trinajstić information content (AvgIpc) is 2.96. The second-order valence-corrected chi connectivity index (χ2v) is 3.21. The van der Waals surface area contributed by atoms with Crippen molar-refractivity contribution in [1.82, 2.24) is 30.3 Å². The van der Waals surface area contributed by atoms with Crippen molar-refractivity contribution in [2.24, 2.45) is 0 Å². The summed E-state index contributed by atoms with van der Waals surface area (Å²) in [5.74, 6) is -0.00273. The van der Waals surface area contributed by atoms with E-state index in [1.807, 2.05) is 16.9 Å². The van der Waals surface area contributed by atoms with Gasteiger partial charge in [0.15, 0.2) is 0 Å². The number of carbonyl (C=O) groups excluding carboxylic acids is 1. The summed E-state index contributed by atoms with van der Waals surface area (Å²) >= 11 is 0. The molecule has 2 aromatic heterocycles. The lowest BCUT2D eigenvalue weighted by Gasteiger charge is -2.03. The van der Waals surface area contributed by atoms with Crippen LogP contribution in [0.5, 0.6) is 0 Å². The molecule has 0 unspecified atom stereocenters. The van der Waals surface area contributed by atoms with Crippen LogP contribution in [0.25, 0.3) is 0 Å². The van der Waals surface area contributed by atoms with Gasteiger partial charge in [-0.25, -0.2) is 4.98 Å². The third-order valence-corrected chi connectivity index (χ3v) is 2.04. The van der Waals surface area contributed by atoms with Crippen LogP contribution in [-0.2, 0) is 6.54 Å². The van der Waals surface area contributed by atoms with Gasteiger partial charge >= 0.3 is 0 Å². The van der Waals surface area contributed by atoms with E-state index in [0.29, 0.717) is 6.54 Å². The first-order valence-electron chi connectivity index (χ1n) is 4.97. The number of rotatable bonds is 5. The van der Waals surface area contributed by atoms with Gasteiger partial charge in [0.25, 0.3) is 5.91 Å². The van der Waals surface area contributed by atoms with Gasteiger partial charge in [-0.1, -0.05) is 0 Å². The lowest BCUT2D eigenvalue weighted by atomic mass is 10.4. The Morgan fingerprint density at radius 1 is 1.56 bits per heavy atom. The molecule has 0 aliphatic rings. The number of aromatic nitrogens is 5. The Hall–Kier alpha value is -2.18. The molecule has 2 heterocycles. The monoisotopic (exact) mass is 220 g/mol. The van der Waals surface area contributed by atoms with E-state index in [1.165, 1.54) is 6.33 Å². The number of nitrogens with zero attached hydrogens (tertiary/aromatic N) is 4. The Kier molecular flexibility index (Phi) is 3.27. The zero-order valence-corrected chi connectivity index (χ0v) is 8.63. The molecule has 84 valence electrons. The molecule has 0 fully saturated rings. The van der Waals surface area contributed by atoms with Gasteiger partial charge in [0.1, 0.15) is 6.33 Å². The fourth-order valence-electron chi connectivity index (χ4n) is 1.27. The van der Waals surface area contributed by atoms with Crippen molar-refractivity contribution in [3.05, 3.63) is 30.6 Å².